The molecule has 0 N–H and O–H groups in total. The molecular weight excluding hydrogens is 451 g/mol. The molecule has 2 rings (SSSR count). The van der Waals surface area contributed by atoms with Crippen LogP contribution in [0.25, 0.3) is 0 Å². The number of hydroxylamine groups is 2. The lowest BCUT2D eigenvalue weighted by Crippen LogP contribution is -2.38. The fourth-order valence-electron chi connectivity index (χ4n) is 3.21. The first-order valence-corrected chi connectivity index (χ1v) is 13.1. The molecule has 1 heterocycles. The molecule has 1 aromatic rings. The molecule has 1 unspecified atom stereocenters. The van der Waals surface area contributed by atoms with Gasteiger partial charge in [0.15, 0.2) is 0 Å². The van der Waals surface area contributed by atoms with Crippen LogP contribution in [0.15, 0.2) is 30.3 Å². The molecule has 1 atom stereocenters. The van der Waals surface area contributed by atoms with Gasteiger partial charge in [-0.1, -0.05) is 51.1 Å². The van der Waals surface area contributed by atoms with Gasteiger partial charge < -0.3 is 9.36 Å². The van der Waals surface area contributed by atoms with Crippen molar-refractivity contribution >= 4 is 26.1 Å². The lowest BCUT2D eigenvalue weighted by molar-refractivity contribution is -0.203. The zero-order valence-electron chi connectivity index (χ0n) is 22.5. The second-order valence-electron chi connectivity index (χ2n) is 11.0. The SMILES string of the molecule is CC(C)(C)C(=O)ON1C(=O)CCC1=O.CC(C)N(C(C)C)P(OCc1ccccc1)C(C)(C)C. The number of carbonyl (C=O) groups is 3. The van der Waals surface area contributed by atoms with E-state index < -0.39 is 31.5 Å². The van der Waals surface area contributed by atoms with Gasteiger partial charge in [-0.15, -0.1) is 5.06 Å². The number of imide groups is 1. The largest absolute Gasteiger partial charge is 0.338 e. The summed E-state index contributed by atoms with van der Waals surface area (Å²) in [5, 5.41) is 0.715. The number of rotatable bonds is 7. The molecule has 7 nitrogen and oxygen atoms in total. The summed E-state index contributed by atoms with van der Waals surface area (Å²) in [6.07, 6.45) is 0.243. The third-order valence-electron chi connectivity index (χ3n) is 4.83. The van der Waals surface area contributed by atoms with Crippen molar-refractivity contribution in [1.82, 2.24) is 9.73 Å². The minimum absolute atomic E-state index is 0.121. The molecule has 0 radical (unpaired) electrons. The normalized spacial score (nSPS) is 15.6. The van der Waals surface area contributed by atoms with Crippen LogP contribution in [-0.2, 0) is 30.4 Å². The van der Waals surface area contributed by atoms with Crippen molar-refractivity contribution < 1.29 is 23.7 Å². The third kappa shape index (κ3) is 9.44. The maximum atomic E-state index is 11.3. The highest BCUT2D eigenvalue weighted by atomic mass is 31.2. The van der Waals surface area contributed by atoms with E-state index >= 15 is 0 Å². The predicted molar refractivity (Wildman–Crippen MR) is 137 cm³/mol. The Morgan fingerprint density at radius 2 is 1.41 bits per heavy atom. The van der Waals surface area contributed by atoms with Crippen molar-refractivity contribution in [2.75, 3.05) is 0 Å². The van der Waals surface area contributed by atoms with E-state index in [1.54, 1.807) is 20.8 Å². The molecule has 0 aliphatic carbocycles. The summed E-state index contributed by atoms with van der Waals surface area (Å²) >= 11 is 0. The van der Waals surface area contributed by atoms with Gasteiger partial charge in [-0.2, -0.15) is 0 Å². The Hall–Kier alpha value is -1.82. The van der Waals surface area contributed by atoms with Gasteiger partial charge in [0.1, 0.15) is 8.30 Å². The van der Waals surface area contributed by atoms with E-state index in [9.17, 15) is 14.4 Å². The van der Waals surface area contributed by atoms with Crippen molar-refractivity contribution in [3.05, 3.63) is 35.9 Å². The molecular formula is C26H43N2O5P. The maximum absolute atomic E-state index is 11.3. The minimum Gasteiger partial charge on any atom is -0.338 e. The Balaban J connectivity index is 0.000000362. The molecule has 1 aliphatic rings. The number of amides is 2. The molecule has 1 fully saturated rings. The lowest BCUT2D eigenvalue weighted by Gasteiger charge is -2.43. The monoisotopic (exact) mass is 494 g/mol. The number of benzene rings is 1. The summed E-state index contributed by atoms with van der Waals surface area (Å²) in [6.45, 7) is 21.5. The number of hydrogen-bond acceptors (Lipinski definition) is 6. The summed E-state index contributed by atoms with van der Waals surface area (Å²) < 4.78 is 8.89. The Morgan fingerprint density at radius 3 is 1.79 bits per heavy atom. The highest BCUT2D eigenvalue weighted by Gasteiger charge is 2.36. The van der Waals surface area contributed by atoms with Gasteiger partial charge in [0.25, 0.3) is 11.8 Å². The Bertz CT molecular complexity index is 789. The van der Waals surface area contributed by atoms with Crippen LogP contribution in [0, 0.1) is 5.41 Å². The Labute approximate surface area is 207 Å². The van der Waals surface area contributed by atoms with Crippen LogP contribution in [0.5, 0.6) is 0 Å². The van der Waals surface area contributed by atoms with Crippen LogP contribution in [0.2, 0.25) is 0 Å². The summed E-state index contributed by atoms with van der Waals surface area (Å²) in [5.41, 5.74) is 0.528. The first kappa shape index (κ1) is 30.2. The quantitative estimate of drug-likeness (QED) is 0.338. The molecule has 0 bridgehead atoms. The topological polar surface area (TPSA) is 76.2 Å². The molecule has 192 valence electrons. The van der Waals surface area contributed by atoms with Gasteiger partial charge in [-0.05, 0) is 54.0 Å². The van der Waals surface area contributed by atoms with Crippen LogP contribution >= 0.6 is 8.30 Å². The smallest absolute Gasteiger partial charge is 0.338 e. The lowest BCUT2D eigenvalue weighted by atomic mass is 9.98. The molecule has 34 heavy (non-hydrogen) atoms. The maximum Gasteiger partial charge on any atom is 0.338 e. The standard InChI is InChI=1S/C17H30NOP.C9H13NO4/c1-14(2)18(15(3)4)20(17(5,6)7)19-13-16-11-9-8-10-12-16;1-9(2,3)8(13)14-10-6(11)4-5-7(10)12/h8-12,14-15H,13H2,1-7H3;4-5H2,1-3H3. The summed E-state index contributed by atoms with van der Waals surface area (Å²) in [4.78, 5) is 38.2. The van der Waals surface area contributed by atoms with Gasteiger partial charge in [-0.3, -0.25) is 14.3 Å². The van der Waals surface area contributed by atoms with Crippen LogP contribution in [0.4, 0.5) is 0 Å². The van der Waals surface area contributed by atoms with Crippen LogP contribution in [-0.4, -0.2) is 44.8 Å². The molecule has 1 saturated heterocycles. The highest BCUT2D eigenvalue weighted by Crippen LogP contribution is 2.55. The van der Waals surface area contributed by atoms with Crippen LogP contribution in [0.1, 0.15) is 87.6 Å². The summed E-state index contributed by atoms with van der Waals surface area (Å²) in [7, 11) is -0.634. The molecule has 0 spiro atoms. The number of carbonyl (C=O) groups excluding carboxylic acids is 3. The first-order valence-electron chi connectivity index (χ1n) is 11.9. The van der Waals surface area contributed by atoms with E-state index in [0.29, 0.717) is 23.8 Å². The number of hydrogen-bond donors (Lipinski definition) is 0. The molecule has 1 aliphatic heterocycles. The van der Waals surface area contributed by atoms with E-state index in [2.05, 4.69) is 77.4 Å². The molecule has 0 aromatic heterocycles. The minimum atomic E-state index is -0.719. The third-order valence-corrected chi connectivity index (χ3v) is 7.70. The highest BCUT2D eigenvalue weighted by molar-refractivity contribution is 7.51. The van der Waals surface area contributed by atoms with E-state index in [-0.39, 0.29) is 18.0 Å². The fourth-order valence-corrected chi connectivity index (χ4v) is 5.53. The van der Waals surface area contributed by atoms with E-state index in [0.717, 1.165) is 0 Å². The average Bonchev–Trinajstić information content (AvgIpc) is 3.02. The second kappa shape index (κ2) is 12.8. The Kier molecular flexibility index (Phi) is 11.3. The molecule has 0 saturated carbocycles. The Morgan fingerprint density at radius 1 is 0.941 bits per heavy atom. The number of nitrogens with zero attached hydrogens (tertiary/aromatic N) is 2. The van der Waals surface area contributed by atoms with Crippen molar-refractivity contribution in [2.24, 2.45) is 5.41 Å². The fraction of sp³-hybridized carbons (Fsp3) is 0.654. The van der Waals surface area contributed by atoms with Gasteiger partial charge in [0, 0.05) is 30.1 Å². The van der Waals surface area contributed by atoms with Crippen molar-refractivity contribution in [3.63, 3.8) is 0 Å². The van der Waals surface area contributed by atoms with Crippen molar-refractivity contribution in [3.8, 4) is 0 Å². The first-order chi connectivity index (χ1) is 15.6. The summed E-state index contributed by atoms with van der Waals surface area (Å²) in [6, 6.07) is 11.4. The van der Waals surface area contributed by atoms with Crippen LogP contribution in [0.3, 0.4) is 0 Å². The van der Waals surface area contributed by atoms with Gasteiger partial charge in [-0.25, -0.2) is 4.79 Å². The van der Waals surface area contributed by atoms with Gasteiger partial charge >= 0.3 is 5.97 Å². The summed E-state index contributed by atoms with van der Waals surface area (Å²) in [5.74, 6) is -1.48. The molecule has 1 aromatic carbocycles. The van der Waals surface area contributed by atoms with E-state index in [1.165, 1.54) is 5.56 Å². The zero-order chi connectivity index (χ0) is 26.3. The van der Waals surface area contributed by atoms with Crippen molar-refractivity contribution in [2.45, 2.75) is 106 Å². The molecule has 8 heteroatoms. The van der Waals surface area contributed by atoms with Gasteiger partial charge in [0.05, 0.1) is 12.0 Å². The second-order valence-corrected chi connectivity index (χ2v) is 13.6. The molecule has 2 amide bonds. The van der Waals surface area contributed by atoms with Gasteiger partial charge in [0.2, 0.25) is 0 Å². The zero-order valence-corrected chi connectivity index (χ0v) is 23.4. The van der Waals surface area contributed by atoms with E-state index in [4.69, 9.17) is 9.36 Å². The van der Waals surface area contributed by atoms with E-state index in [1.807, 2.05) is 6.07 Å². The van der Waals surface area contributed by atoms with Crippen LogP contribution < -0.4 is 0 Å². The van der Waals surface area contributed by atoms with Crippen molar-refractivity contribution in [1.29, 1.82) is 0 Å². The average molecular weight is 495 g/mol. The predicted octanol–water partition coefficient (Wildman–Crippen LogP) is 6.07.